The number of carboxylic acid groups (broad SMARTS) is 2. The molecule has 2 N–H and O–H groups in total. The number of alkyl halides is 3. The number of hydrogen-bond donors (Lipinski definition) is 2. The van der Waals surface area contributed by atoms with Crippen molar-refractivity contribution in [2.24, 2.45) is 11.3 Å². The second-order valence-corrected chi connectivity index (χ2v) is 4.95. The van der Waals surface area contributed by atoms with E-state index in [9.17, 15) is 13.2 Å². The van der Waals surface area contributed by atoms with E-state index >= 15 is 0 Å². The van der Waals surface area contributed by atoms with Crippen molar-refractivity contribution >= 4 is 22.1 Å². The normalized spacial score (nSPS) is 23.1. The number of allylic oxidation sites excluding steroid dienone is 2. The van der Waals surface area contributed by atoms with Crippen LogP contribution in [-0.4, -0.2) is 22.5 Å². The second kappa shape index (κ2) is 5.07. The van der Waals surface area contributed by atoms with E-state index in [-0.39, 0.29) is 11.3 Å². The van der Waals surface area contributed by atoms with Crippen molar-refractivity contribution in [3.8, 4) is 0 Å². The highest BCUT2D eigenvalue weighted by atomic mass is 79.9. The van der Waals surface area contributed by atoms with Gasteiger partial charge in [-0.25, -0.2) is 4.79 Å². The lowest BCUT2D eigenvalue weighted by Gasteiger charge is -2.04. The molecule has 7 heteroatoms. The molecule has 1 fully saturated rings. The standard InChI is InChI=1S/C8H10BrF3.CH2O3/c1-7(2)4-5(7)3-6(9)8(10,11)12;2-1(3)4/h3,5H,4H2,1-2H3;(H2,2,3,4)/b6-3-;/t5-;/m1./s1. The summed E-state index contributed by atoms with van der Waals surface area (Å²) in [6.45, 7) is 3.93. The van der Waals surface area contributed by atoms with Crippen LogP contribution in [-0.2, 0) is 0 Å². The Morgan fingerprint density at radius 2 is 1.75 bits per heavy atom. The van der Waals surface area contributed by atoms with Gasteiger partial charge in [0.2, 0.25) is 0 Å². The van der Waals surface area contributed by atoms with Crippen LogP contribution in [0.5, 0.6) is 0 Å². The van der Waals surface area contributed by atoms with E-state index < -0.39 is 16.8 Å². The van der Waals surface area contributed by atoms with E-state index in [1.165, 1.54) is 6.08 Å². The summed E-state index contributed by atoms with van der Waals surface area (Å²) in [7, 11) is 0. The quantitative estimate of drug-likeness (QED) is 0.767. The minimum absolute atomic E-state index is 0.0598. The number of rotatable bonds is 1. The molecule has 1 rings (SSSR count). The summed E-state index contributed by atoms with van der Waals surface area (Å²) >= 11 is 2.53. The molecule has 0 saturated heterocycles. The second-order valence-electron chi connectivity index (χ2n) is 4.09. The molecule has 1 aliphatic rings. The average Bonchev–Trinajstić information content (AvgIpc) is 2.54. The largest absolute Gasteiger partial charge is 0.503 e. The zero-order chi connectivity index (χ0) is 13.1. The molecule has 1 atom stereocenters. The zero-order valence-electron chi connectivity index (χ0n) is 8.68. The molecule has 0 radical (unpaired) electrons. The number of carbonyl (C=O) groups is 1. The van der Waals surface area contributed by atoms with Gasteiger partial charge in [0.15, 0.2) is 0 Å². The Labute approximate surface area is 99.1 Å². The van der Waals surface area contributed by atoms with Crippen LogP contribution in [0.3, 0.4) is 0 Å². The van der Waals surface area contributed by atoms with Crippen molar-refractivity contribution in [2.75, 3.05) is 0 Å². The van der Waals surface area contributed by atoms with E-state index in [1.54, 1.807) is 0 Å². The van der Waals surface area contributed by atoms with Crippen LogP contribution in [0.4, 0.5) is 18.0 Å². The monoisotopic (exact) mass is 304 g/mol. The average molecular weight is 305 g/mol. The van der Waals surface area contributed by atoms with Gasteiger partial charge >= 0.3 is 12.3 Å². The number of halogens is 4. The SMILES string of the molecule is CC1(C)C[C@H]1/C=C(\Br)C(F)(F)F.O=C(O)O. The minimum Gasteiger partial charge on any atom is -0.450 e. The van der Waals surface area contributed by atoms with Crippen molar-refractivity contribution in [2.45, 2.75) is 26.4 Å². The van der Waals surface area contributed by atoms with Crippen molar-refractivity contribution in [1.29, 1.82) is 0 Å². The number of hydrogen-bond acceptors (Lipinski definition) is 1. The fourth-order valence-corrected chi connectivity index (χ4v) is 1.38. The van der Waals surface area contributed by atoms with Crippen LogP contribution in [0.25, 0.3) is 0 Å². The minimum atomic E-state index is -4.22. The van der Waals surface area contributed by atoms with Gasteiger partial charge < -0.3 is 10.2 Å². The Hall–Kier alpha value is -0.720. The molecular formula is C9H12BrF3O3. The van der Waals surface area contributed by atoms with Gasteiger partial charge in [0.05, 0.1) is 4.48 Å². The van der Waals surface area contributed by atoms with E-state index in [0.29, 0.717) is 0 Å². The molecule has 1 aliphatic carbocycles. The molecule has 0 amide bonds. The molecular weight excluding hydrogens is 293 g/mol. The predicted molar refractivity (Wildman–Crippen MR) is 55.6 cm³/mol. The maximum Gasteiger partial charge on any atom is 0.503 e. The van der Waals surface area contributed by atoms with E-state index in [2.05, 4.69) is 15.9 Å². The molecule has 1 saturated carbocycles. The highest BCUT2D eigenvalue weighted by molar-refractivity contribution is 9.11. The maximum absolute atomic E-state index is 12.0. The molecule has 94 valence electrons. The Morgan fingerprint density at radius 3 is 1.94 bits per heavy atom. The van der Waals surface area contributed by atoms with Crippen LogP contribution in [0, 0.1) is 11.3 Å². The molecule has 0 aromatic rings. The summed E-state index contributed by atoms with van der Waals surface area (Å²) in [5, 5.41) is 13.9. The first kappa shape index (κ1) is 15.3. The van der Waals surface area contributed by atoms with Gasteiger partial charge in [0, 0.05) is 0 Å². The lowest BCUT2D eigenvalue weighted by atomic mass is 10.1. The first-order valence-electron chi connectivity index (χ1n) is 4.33. The van der Waals surface area contributed by atoms with Gasteiger partial charge in [-0.15, -0.1) is 0 Å². The van der Waals surface area contributed by atoms with E-state index in [1.807, 2.05) is 13.8 Å². The van der Waals surface area contributed by atoms with Gasteiger partial charge in [0.25, 0.3) is 0 Å². The summed E-state index contributed by atoms with van der Waals surface area (Å²) < 4.78 is 35.3. The predicted octanol–water partition coefficient (Wildman–Crippen LogP) is 4.10. The third-order valence-corrected chi connectivity index (χ3v) is 2.92. The van der Waals surface area contributed by atoms with Crippen molar-refractivity contribution in [3.63, 3.8) is 0 Å². The molecule has 0 bridgehead atoms. The maximum atomic E-state index is 12.0. The Balaban J connectivity index is 0.000000487. The molecule has 16 heavy (non-hydrogen) atoms. The zero-order valence-corrected chi connectivity index (χ0v) is 10.3. The highest BCUT2D eigenvalue weighted by Gasteiger charge is 2.45. The Kier molecular flexibility index (Phi) is 4.85. The first-order chi connectivity index (χ1) is 6.97. The van der Waals surface area contributed by atoms with E-state index in [0.717, 1.165) is 6.42 Å². The summed E-state index contributed by atoms with van der Waals surface area (Å²) in [6, 6.07) is 0. The van der Waals surface area contributed by atoms with Crippen LogP contribution in [0.15, 0.2) is 10.6 Å². The van der Waals surface area contributed by atoms with Gasteiger partial charge in [-0.05, 0) is 33.7 Å². The molecule has 0 aliphatic heterocycles. The summed E-state index contributed by atoms with van der Waals surface area (Å²) in [6.07, 6.45) is -3.95. The topological polar surface area (TPSA) is 57.5 Å². The van der Waals surface area contributed by atoms with Gasteiger partial charge in [0.1, 0.15) is 0 Å². The fraction of sp³-hybridized carbons (Fsp3) is 0.667. The molecule has 0 aromatic carbocycles. The van der Waals surface area contributed by atoms with E-state index in [4.69, 9.17) is 15.0 Å². The van der Waals surface area contributed by atoms with Crippen LogP contribution < -0.4 is 0 Å². The van der Waals surface area contributed by atoms with Gasteiger partial charge in [-0.2, -0.15) is 13.2 Å². The lowest BCUT2D eigenvalue weighted by Crippen LogP contribution is -2.07. The van der Waals surface area contributed by atoms with Crippen LogP contribution in [0.1, 0.15) is 20.3 Å². The summed E-state index contributed by atoms with van der Waals surface area (Å²) in [5.41, 5.74) is 0.0598. The van der Waals surface area contributed by atoms with Crippen LogP contribution >= 0.6 is 15.9 Å². The lowest BCUT2D eigenvalue weighted by molar-refractivity contribution is -0.0831. The third kappa shape index (κ3) is 5.99. The van der Waals surface area contributed by atoms with Gasteiger partial charge in [-0.3, -0.25) is 0 Å². The third-order valence-electron chi connectivity index (χ3n) is 2.21. The van der Waals surface area contributed by atoms with Crippen molar-refractivity contribution < 1.29 is 28.2 Å². The summed E-state index contributed by atoms with van der Waals surface area (Å²) in [5.74, 6) is 0.0773. The Morgan fingerprint density at radius 1 is 1.44 bits per heavy atom. The first-order valence-corrected chi connectivity index (χ1v) is 5.12. The molecule has 0 spiro atoms. The van der Waals surface area contributed by atoms with Crippen molar-refractivity contribution in [1.82, 2.24) is 0 Å². The summed E-state index contributed by atoms with van der Waals surface area (Å²) in [4.78, 5) is 8.56. The molecule has 0 aromatic heterocycles. The molecule has 0 unspecified atom stereocenters. The molecule has 3 nitrogen and oxygen atoms in total. The molecule has 0 heterocycles. The highest BCUT2D eigenvalue weighted by Crippen LogP contribution is 2.54. The smallest absolute Gasteiger partial charge is 0.450 e. The van der Waals surface area contributed by atoms with Gasteiger partial charge in [-0.1, -0.05) is 19.9 Å². The van der Waals surface area contributed by atoms with Crippen LogP contribution in [0.2, 0.25) is 0 Å². The van der Waals surface area contributed by atoms with Crippen molar-refractivity contribution in [3.05, 3.63) is 10.6 Å². The fourth-order valence-electron chi connectivity index (χ4n) is 1.06. The Bertz CT molecular complexity index is 293.